The number of anilines is 1. The standard InChI is InChI=1S/C18H21ClF3N3O4S/c1-3-30(26,27)25-17-9-13(8-12(2)24-17)11-23-6-7-28-16-5-4-14(10-15(16)19)29-18(20,21)22/h4-5,8-10,23H,3,6-7,11H2,1-2H3,(H,24,25). The van der Waals surface area contributed by atoms with E-state index >= 15 is 0 Å². The Kier molecular flexibility index (Phi) is 8.16. The zero-order valence-electron chi connectivity index (χ0n) is 16.2. The van der Waals surface area contributed by atoms with Crippen molar-refractivity contribution < 1.29 is 31.1 Å². The summed E-state index contributed by atoms with van der Waals surface area (Å²) in [5.41, 5.74) is 1.48. The van der Waals surface area contributed by atoms with E-state index in [1.807, 2.05) is 6.07 Å². The van der Waals surface area contributed by atoms with Gasteiger partial charge in [-0.25, -0.2) is 13.4 Å². The van der Waals surface area contributed by atoms with E-state index in [2.05, 4.69) is 19.8 Å². The van der Waals surface area contributed by atoms with Crippen LogP contribution in [0.25, 0.3) is 0 Å². The minimum absolute atomic E-state index is 0.00522. The molecule has 0 atom stereocenters. The molecular formula is C18H21ClF3N3O4S. The molecule has 0 radical (unpaired) electrons. The molecule has 2 N–H and O–H groups in total. The molecule has 7 nitrogen and oxygen atoms in total. The fourth-order valence-corrected chi connectivity index (χ4v) is 3.18. The minimum Gasteiger partial charge on any atom is -0.491 e. The summed E-state index contributed by atoms with van der Waals surface area (Å²) < 4.78 is 71.6. The average molecular weight is 468 g/mol. The van der Waals surface area contributed by atoms with Crippen LogP contribution in [0.3, 0.4) is 0 Å². The molecule has 2 aromatic rings. The maximum Gasteiger partial charge on any atom is 0.573 e. The van der Waals surface area contributed by atoms with Gasteiger partial charge in [-0.1, -0.05) is 11.6 Å². The number of benzene rings is 1. The first-order chi connectivity index (χ1) is 14.0. The van der Waals surface area contributed by atoms with E-state index in [9.17, 15) is 21.6 Å². The topological polar surface area (TPSA) is 89.6 Å². The van der Waals surface area contributed by atoms with E-state index in [1.165, 1.54) is 13.0 Å². The van der Waals surface area contributed by atoms with E-state index in [0.29, 0.717) is 18.8 Å². The lowest BCUT2D eigenvalue weighted by molar-refractivity contribution is -0.274. The third-order valence-electron chi connectivity index (χ3n) is 3.66. The Morgan fingerprint density at radius 1 is 1.20 bits per heavy atom. The van der Waals surface area contributed by atoms with Gasteiger partial charge >= 0.3 is 6.36 Å². The summed E-state index contributed by atoms with van der Waals surface area (Å²) in [5.74, 6) is -0.0123. The van der Waals surface area contributed by atoms with Crippen molar-refractivity contribution in [3.63, 3.8) is 0 Å². The summed E-state index contributed by atoms with van der Waals surface area (Å²) >= 11 is 5.91. The fourth-order valence-electron chi connectivity index (χ4n) is 2.39. The van der Waals surface area contributed by atoms with Crippen molar-refractivity contribution in [2.24, 2.45) is 0 Å². The van der Waals surface area contributed by atoms with Crippen molar-refractivity contribution >= 4 is 27.4 Å². The van der Waals surface area contributed by atoms with Crippen LogP contribution in [-0.4, -0.2) is 38.7 Å². The molecule has 1 aromatic heterocycles. The second-order valence-electron chi connectivity index (χ2n) is 6.17. The predicted molar refractivity (Wildman–Crippen MR) is 107 cm³/mol. The Morgan fingerprint density at radius 3 is 2.57 bits per heavy atom. The van der Waals surface area contributed by atoms with Crippen LogP contribution >= 0.6 is 11.6 Å². The van der Waals surface area contributed by atoms with Gasteiger partial charge in [0.1, 0.15) is 23.9 Å². The van der Waals surface area contributed by atoms with Gasteiger partial charge in [0.05, 0.1) is 10.8 Å². The average Bonchev–Trinajstić information content (AvgIpc) is 2.61. The summed E-state index contributed by atoms with van der Waals surface area (Å²) in [6.45, 7) is 4.33. The number of hydrogen-bond donors (Lipinski definition) is 2. The number of aryl methyl sites for hydroxylation is 1. The van der Waals surface area contributed by atoms with Crippen molar-refractivity contribution in [3.05, 3.63) is 46.6 Å². The first kappa shape index (κ1) is 24.0. The molecule has 1 heterocycles. The Labute approximate surface area is 177 Å². The molecule has 0 unspecified atom stereocenters. The predicted octanol–water partition coefficient (Wildman–Crippen LogP) is 3.87. The van der Waals surface area contributed by atoms with Crippen molar-refractivity contribution in [1.82, 2.24) is 10.3 Å². The Balaban J connectivity index is 1.84. The van der Waals surface area contributed by atoms with Crippen LogP contribution in [0.4, 0.5) is 19.0 Å². The molecule has 0 aliphatic rings. The lowest BCUT2D eigenvalue weighted by Crippen LogP contribution is -2.21. The molecule has 2 rings (SSSR count). The van der Waals surface area contributed by atoms with E-state index in [-0.39, 0.29) is 28.9 Å². The molecule has 0 aliphatic carbocycles. The Bertz CT molecular complexity index is 972. The maximum absolute atomic E-state index is 12.2. The van der Waals surface area contributed by atoms with Gasteiger partial charge in [0, 0.05) is 24.8 Å². The van der Waals surface area contributed by atoms with Crippen LogP contribution in [0.1, 0.15) is 18.2 Å². The highest BCUT2D eigenvalue weighted by atomic mass is 35.5. The van der Waals surface area contributed by atoms with Crippen molar-refractivity contribution in [2.75, 3.05) is 23.6 Å². The molecule has 0 saturated heterocycles. The van der Waals surface area contributed by atoms with Crippen LogP contribution in [0, 0.1) is 6.92 Å². The smallest absolute Gasteiger partial charge is 0.491 e. The van der Waals surface area contributed by atoms with E-state index < -0.39 is 22.1 Å². The van der Waals surface area contributed by atoms with Crippen molar-refractivity contribution in [3.8, 4) is 11.5 Å². The van der Waals surface area contributed by atoms with Crippen molar-refractivity contribution in [2.45, 2.75) is 26.8 Å². The van der Waals surface area contributed by atoms with E-state index in [1.54, 1.807) is 13.0 Å². The van der Waals surface area contributed by atoms with Gasteiger partial charge in [-0.2, -0.15) is 0 Å². The number of halogens is 4. The lowest BCUT2D eigenvalue weighted by Gasteiger charge is -2.12. The molecular weight excluding hydrogens is 447 g/mol. The Hall–Kier alpha value is -2.24. The number of nitrogens with zero attached hydrogens (tertiary/aromatic N) is 1. The monoisotopic (exact) mass is 467 g/mol. The highest BCUT2D eigenvalue weighted by Gasteiger charge is 2.31. The first-order valence-electron chi connectivity index (χ1n) is 8.84. The number of nitrogens with one attached hydrogen (secondary N) is 2. The van der Waals surface area contributed by atoms with Gasteiger partial charge in [-0.3, -0.25) is 4.72 Å². The second-order valence-corrected chi connectivity index (χ2v) is 8.59. The van der Waals surface area contributed by atoms with Crippen molar-refractivity contribution in [1.29, 1.82) is 0 Å². The lowest BCUT2D eigenvalue weighted by atomic mass is 10.2. The molecule has 0 saturated carbocycles. The highest BCUT2D eigenvalue weighted by Crippen LogP contribution is 2.31. The second kappa shape index (κ2) is 10.2. The third-order valence-corrected chi connectivity index (χ3v) is 5.23. The summed E-state index contributed by atoms with van der Waals surface area (Å²) in [4.78, 5) is 4.15. The number of aromatic nitrogens is 1. The number of pyridine rings is 1. The summed E-state index contributed by atoms with van der Waals surface area (Å²) in [5, 5.41) is 3.11. The third kappa shape index (κ3) is 8.25. The molecule has 30 heavy (non-hydrogen) atoms. The van der Waals surface area contributed by atoms with Crippen LogP contribution in [0.2, 0.25) is 5.02 Å². The normalized spacial score (nSPS) is 11.9. The zero-order valence-corrected chi connectivity index (χ0v) is 17.8. The molecule has 0 amide bonds. The highest BCUT2D eigenvalue weighted by molar-refractivity contribution is 7.92. The van der Waals surface area contributed by atoms with E-state index in [4.69, 9.17) is 16.3 Å². The molecule has 1 aromatic carbocycles. The number of rotatable bonds is 10. The molecule has 0 spiro atoms. The SMILES string of the molecule is CCS(=O)(=O)Nc1cc(CNCCOc2ccc(OC(F)(F)F)cc2Cl)cc(C)n1. The molecule has 0 fully saturated rings. The fraction of sp³-hybridized carbons (Fsp3) is 0.389. The van der Waals surface area contributed by atoms with Gasteiger partial charge in [0.15, 0.2) is 0 Å². The molecule has 0 bridgehead atoms. The molecule has 12 heteroatoms. The quantitative estimate of drug-likeness (QED) is 0.515. The largest absolute Gasteiger partial charge is 0.573 e. The minimum atomic E-state index is -4.79. The van der Waals surface area contributed by atoms with Gasteiger partial charge in [-0.05, 0) is 43.7 Å². The van der Waals surface area contributed by atoms with Gasteiger partial charge < -0.3 is 14.8 Å². The number of sulfonamides is 1. The summed E-state index contributed by atoms with van der Waals surface area (Å²) in [6.07, 6.45) is -4.79. The van der Waals surface area contributed by atoms with Crippen LogP contribution in [0.15, 0.2) is 30.3 Å². The number of hydrogen-bond acceptors (Lipinski definition) is 6. The maximum atomic E-state index is 12.2. The van der Waals surface area contributed by atoms with Gasteiger partial charge in [0.25, 0.3) is 0 Å². The summed E-state index contributed by atoms with van der Waals surface area (Å²) in [6, 6.07) is 6.87. The van der Waals surface area contributed by atoms with Crippen LogP contribution in [-0.2, 0) is 16.6 Å². The summed E-state index contributed by atoms with van der Waals surface area (Å²) in [7, 11) is -3.42. The van der Waals surface area contributed by atoms with Gasteiger partial charge in [0.2, 0.25) is 10.0 Å². The first-order valence-corrected chi connectivity index (χ1v) is 10.9. The zero-order chi connectivity index (χ0) is 22.4. The van der Waals surface area contributed by atoms with E-state index in [0.717, 1.165) is 17.7 Å². The van der Waals surface area contributed by atoms with Crippen LogP contribution in [0.5, 0.6) is 11.5 Å². The molecule has 166 valence electrons. The van der Waals surface area contributed by atoms with Crippen LogP contribution < -0.4 is 19.5 Å². The van der Waals surface area contributed by atoms with Gasteiger partial charge in [-0.15, -0.1) is 13.2 Å². The molecule has 0 aliphatic heterocycles. The Morgan fingerprint density at radius 2 is 1.93 bits per heavy atom. The number of alkyl halides is 3. The number of ether oxygens (including phenoxy) is 2.